The van der Waals surface area contributed by atoms with Crippen molar-refractivity contribution in [3.8, 4) is 0 Å². The first-order chi connectivity index (χ1) is 15.3. The number of fused-ring (bicyclic) bond motifs is 1. The van der Waals surface area contributed by atoms with Gasteiger partial charge < -0.3 is 5.32 Å². The van der Waals surface area contributed by atoms with Gasteiger partial charge >= 0.3 is 0 Å². The lowest BCUT2D eigenvalue weighted by atomic mass is 9.73. The number of rotatable bonds is 4. The molecule has 1 atom stereocenters. The van der Waals surface area contributed by atoms with Crippen molar-refractivity contribution in [2.75, 3.05) is 5.32 Å². The minimum Gasteiger partial charge on any atom is -0.328 e. The van der Waals surface area contributed by atoms with Crippen LogP contribution in [0.3, 0.4) is 0 Å². The first-order valence-electron chi connectivity index (χ1n) is 10.4. The molecule has 1 aromatic heterocycles. The van der Waals surface area contributed by atoms with Gasteiger partial charge in [-0.2, -0.15) is 4.98 Å². The first kappa shape index (κ1) is 21.6. The fraction of sp³-hybridized carbons (Fsp3) is 0.292. The summed E-state index contributed by atoms with van der Waals surface area (Å²) in [6.45, 7) is 4.22. The van der Waals surface area contributed by atoms with E-state index >= 15 is 0 Å². The molecule has 0 spiro atoms. The van der Waals surface area contributed by atoms with E-state index in [4.69, 9.17) is 33.3 Å². The van der Waals surface area contributed by atoms with E-state index in [1.165, 1.54) is 5.56 Å². The summed E-state index contributed by atoms with van der Waals surface area (Å²) in [5, 5.41) is 9.89. The van der Waals surface area contributed by atoms with E-state index in [9.17, 15) is 4.79 Å². The summed E-state index contributed by atoms with van der Waals surface area (Å²) in [5.74, 6) is 1.50. The molecule has 0 radical (unpaired) electrons. The predicted molar refractivity (Wildman–Crippen MR) is 129 cm³/mol. The van der Waals surface area contributed by atoms with Gasteiger partial charge in [0.2, 0.25) is 11.1 Å². The average Bonchev–Trinajstić information content (AvgIpc) is 3.13. The zero-order chi connectivity index (χ0) is 22.5. The molecular formula is C24H22Cl2N4OS. The van der Waals surface area contributed by atoms with Crippen molar-refractivity contribution < 1.29 is 4.79 Å². The van der Waals surface area contributed by atoms with Crippen LogP contribution in [0, 0.1) is 5.41 Å². The van der Waals surface area contributed by atoms with E-state index in [0.717, 1.165) is 23.4 Å². The molecule has 1 aliphatic carbocycles. The van der Waals surface area contributed by atoms with Crippen LogP contribution < -0.4 is 5.32 Å². The molecular weight excluding hydrogens is 463 g/mol. The van der Waals surface area contributed by atoms with Crippen LogP contribution in [0.25, 0.3) is 0 Å². The molecule has 5 nitrogen and oxygen atoms in total. The number of thioether (sulfide) groups is 1. The lowest BCUT2D eigenvalue weighted by molar-refractivity contribution is -0.118. The lowest BCUT2D eigenvalue weighted by Gasteiger charge is -2.38. The summed E-state index contributed by atoms with van der Waals surface area (Å²) in [7, 11) is 0. The van der Waals surface area contributed by atoms with Gasteiger partial charge in [0.05, 0.1) is 0 Å². The van der Waals surface area contributed by atoms with Gasteiger partial charge in [0, 0.05) is 39.1 Å². The Kier molecular flexibility index (Phi) is 5.56. The molecule has 3 aromatic rings. The predicted octanol–water partition coefficient (Wildman–Crippen LogP) is 6.54. The number of nitrogens with zero attached hydrogens (tertiary/aromatic N) is 3. The van der Waals surface area contributed by atoms with E-state index in [1.54, 1.807) is 28.6 Å². The van der Waals surface area contributed by atoms with Gasteiger partial charge in [0.1, 0.15) is 6.04 Å². The van der Waals surface area contributed by atoms with Crippen LogP contribution >= 0.6 is 35.0 Å². The number of nitrogens with one attached hydrogen (secondary N) is 1. The molecule has 2 aliphatic rings. The Bertz CT molecular complexity index is 1240. The van der Waals surface area contributed by atoms with Crippen molar-refractivity contribution >= 4 is 46.7 Å². The highest BCUT2D eigenvalue weighted by Gasteiger charge is 2.42. The first-order valence-corrected chi connectivity index (χ1v) is 12.2. The molecule has 1 aliphatic heterocycles. The molecule has 32 heavy (non-hydrogen) atoms. The van der Waals surface area contributed by atoms with Gasteiger partial charge in [-0.05, 0) is 29.5 Å². The van der Waals surface area contributed by atoms with Crippen LogP contribution in [-0.2, 0) is 10.5 Å². The number of aromatic nitrogens is 3. The van der Waals surface area contributed by atoms with Gasteiger partial charge in [-0.15, -0.1) is 5.10 Å². The highest BCUT2D eigenvalue weighted by atomic mass is 35.5. The number of allylic oxidation sites excluding steroid dienone is 2. The molecule has 0 unspecified atom stereocenters. The Morgan fingerprint density at radius 1 is 1.16 bits per heavy atom. The van der Waals surface area contributed by atoms with Gasteiger partial charge in [0.25, 0.3) is 0 Å². The van der Waals surface area contributed by atoms with Crippen molar-refractivity contribution in [3.05, 3.63) is 81.0 Å². The summed E-state index contributed by atoms with van der Waals surface area (Å²) in [6.07, 6.45) is 1.24. The Morgan fingerprint density at radius 2 is 1.94 bits per heavy atom. The maximum atomic E-state index is 13.3. The zero-order valence-electron chi connectivity index (χ0n) is 17.7. The maximum Gasteiger partial charge on any atom is 0.227 e. The second-order valence-corrected chi connectivity index (χ2v) is 10.7. The fourth-order valence-electron chi connectivity index (χ4n) is 4.38. The van der Waals surface area contributed by atoms with E-state index in [0.29, 0.717) is 33.1 Å². The number of halogens is 2. The SMILES string of the molecule is CC1(C)CC(=O)C2=C(C1)Nc1nc(SCc3ccccc3)nn1[C@@H]2c1ccc(Cl)cc1Cl. The van der Waals surface area contributed by atoms with E-state index < -0.39 is 6.04 Å². The summed E-state index contributed by atoms with van der Waals surface area (Å²) in [4.78, 5) is 18.0. The second-order valence-electron chi connectivity index (χ2n) is 8.96. The molecule has 0 bridgehead atoms. The number of anilines is 1. The Hall–Kier alpha value is -2.28. The molecule has 2 aromatic carbocycles. The third-order valence-corrected chi connectivity index (χ3v) is 7.25. The molecule has 8 heteroatoms. The lowest BCUT2D eigenvalue weighted by Crippen LogP contribution is -2.36. The minimum atomic E-state index is -0.437. The third kappa shape index (κ3) is 4.07. The molecule has 5 rings (SSSR count). The smallest absolute Gasteiger partial charge is 0.227 e. The number of Topliss-reactive ketones (excluding diaryl/α,β-unsaturated/α-hetero) is 1. The molecule has 0 amide bonds. The second kappa shape index (κ2) is 8.25. The van der Waals surface area contributed by atoms with Crippen LogP contribution in [0.5, 0.6) is 0 Å². The van der Waals surface area contributed by atoms with Gasteiger partial charge in [-0.3, -0.25) is 4.79 Å². The summed E-state index contributed by atoms with van der Waals surface area (Å²) < 4.78 is 1.79. The number of hydrogen-bond donors (Lipinski definition) is 1. The fourth-order valence-corrected chi connectivity index (χ4v) is 5.68. The van der Waals surface area contributed by atoms with Crippen LogP contribution in [0.4, 0.5) is 5.95 Å². The Balaban J connectivity index is 1.57. The summed E-state index contributed by atoms with van der Waals surface area (Å²) in [5.41, 5.74) is 3.49. The van der Waals surface area contributed by atoms with E-state index in [2.05, 4.69) is 31.3 Å². The van der Waals surface area contributed by atoms with Crippen LogP contribution in [-0.4, -0.2) is 20.5 Å². The van der Waals surface area contributed by atoms with Crippen molar-refractivity contribution in [2.45, 2.75) is 43.6 Å². The average molecular weight is 485 g/mol. The standard InChI is InChI=1S/C24H22Cl2N4OS/c1-24(2)11-18-20(19(31)12-24)21(16-9-8-15(25)10-17(16)26)30-22(27-18)28-23(29-30)32-13-14-6-4-3-5-7-14/h3-10,21H,11-13H2,1-2H3,(H,27,28,29)/t21-/m1/s1. The minimum absolute atomic E-state index is 0.111. The molecule has 0 saturated carbocycles. The highest BCUT2D eigenvalue weighted by Crippen LogP contribution is 2.47. The molecule has 1 N–H and O–H groups in total. The zero-order valence-corrected chi connectivity index (χ0v) is 20.1. The molecule has 0 fully saturated rings. The Morgan fingerprint density at radius 3 is 2.69 bits per heavy atom. The quantitative estimate of drug-likeness (QED) is 0.426. The highest BCUT2D eigenvalue weighted by molar-refractivity contribution is 7.98. The van der Waals surface area contributed by atoms with Crippen molar-refractivity contribution in [2.24, 2.45) is 5.41 Å². The van der Waals surface area contributed by atoms with Gasteiger partial charge in [-0.25, -0.2) is 4.68 Å². The Labute approximate surface area is 201 Å². The van der Waals surface area contributed by atoms with Crippen molar-refractivity contribution in [3.63, 3.8) is 0 Å². The molecule has 0 saturated heterocycles. The summed E-state index contributed by atoms with van der Waals surface area (Å²) >= 11 is 14.3. The third-order valence-electron chi connectivity index (χ3n) is 5.78. The summed E-state index contributed by atoms with van der Waals surface area (Å²) in [6, 6.07) is 15.1. The number of carbonyl (C=O) groups is 1. The number of carbonyl (C=O) groups excluding carboxylic acids is 1. The van der Waals surface area contributed by atoms with Crippen LogP contribution in [0.15, 0.2) is 65.0 Å². The molecule has 2 heterocycles. The van der Waals surface area contributed by atoms with Crippen molar-refractivity contribution in [1.29, 1.82) is 0 Å². The van der Waals surface area contributed by atoms with Crippen molar-refractivity contribution in [1.82, 2.24) is 14.8 Å². The molecule has 164 valence electrons. The normalized spacial score (nSPS) is 19.4. The monoisotopic (exact) mass is 484 g/mol. The van der Waals surface area contributed by atoms with Crippen LogP contribution in [0.2, 0.25) is 10.0 Å². The van der Waals surface area contributed by atoms with E-state index in [1.807, 2.05) is 24.3 Å². The topological polar surface area (TPSA) is 59.8 Å². The largest absolute Gasteiger partial charge is 0.328 e. The number of hydrogen-bond acceptors (Lipinski definition) is 5. The number of benzene rings is 2. The van der Waals surface area contributed by atoms with Gasteiger partial charge in [0.15, 0.2) is 5.78 Å². The number of ketones is 1. The van der Waals surface area contributed by atoms with Gasteiger partial charge in [-0.1, -0.05) is 85.2 Å². The maximum absolute atomic E-state index is 13.3. The van der Waals surface area contributed by atoms with E-state index in [-0.39, 0.29) is 11.2 Å². The van der Waals surface area contributed by atoms with Crippen LogP contribution in [0.1, 0.15) is 43.9 Å².